The second-order valence-electron chi connectivity index (χ2n) is 6.18. The minimum Gasteiger partial charge on any atom is -0.493 e. The molecule has 3 rings (SSSR count). The fraction of sp³-hybridized carbons (Fsp3) is 0.625. The lowest BCUT2D eigenvalue weighted by atomic mass is 9.89. The monoisotopic (exact) mass is 339 g/mol. The molecule has 0 aliphatic heterocycles. The van der Waals surface area contributed by atoms with Crippen molar-refractivity contribution in [1.29, 1.82) is 0 Å². The molecule has 2 fully saturated rings. The summed E-state index contributed by atoms with van der Waals surface area (Å²) in [5.41, 5.74) is 7.54. The molecule has 2 aliphatic rings. The number of hydrogen-bond donors (Lipinski definition) is 1. The van der Waals surface area contributed by atoms with E-state index >= 15 is 0 Å². The summed E-state index contributed by atoms with van der Waals surface area (Å²) in [6.45, 7) is 2.88. The van der Waals surface area contributed by atoms with Gasteiger partial charge in [0.05, 0.1) is 13.7 Å². The summed E-state index contributed by atoms with van der Waals surface area (Å²) in [6.07, 6.45) is 4.87. The Bertz CT molecular complexity index is 507. The lowest BCUT2D eigenvalue weighted by molar-refractivity contribution is 0.280. The predicted molar refractivity (Wildman–Crippen MR) is 83.5 cm³/mol. The summed E-state index contributed by atoms with van der Waals surface area (Å²) >= 11 is 3.69. The van der Waals surface area contributed by atoms with Crippen LogP contribution in [0, 0.1) is 5.92 Å². The van der Waals surface area contributed by atoms with Gasteiger partial charge in [-0.3, -0.25) is 0 Å². The van der Waals surface area contributed by atoms with Crippen molar-refractivity contribution in [2.45, 2.75) is 44.1 Å². The van der Waals surface area contributed by atoms with Crippen LogP contribution >= 0.6 is 15.9 Å². The van der Waals surface area contributed by atoms with Crippen molar-refractivity contribution in [2.24, 2.45) is 11.7 Å². The lowest BCUT2D eigenvalue weighted by Gasteiger charge is -2.23. The number of hydrogen-bond acceptors (Lipinski definition) is 3. The molecule has 2 saturated carbocycles. The molecule has 1 aromatic carbocycles. The number of halogens is 1. The van der Waals surface area contributed by atoms with Crippen molar-refractivity contribution >= 4 is 15.9 Å². The fourth-order valence-corrected chi connectivity index (χ4v) is 3.50. The zero-order chi connectivity index (χ0) is 14.3. The third kappa shape index (κ3) is 2.56. The Hall–Kier alpha value is -0.740. The maximum atomic E-state index is 6.18. The van der Waals surface area contributed by atoms with Crippen molar-refractivity contribution in [3.63, 3.8) is 0 Å². The topological polar surface area (TPSA) is 44.5 Å². The molecule has 0 radical (unpaired) electrons. The maximum Gasteiger partial charge on any atom is 0.162 e. The largest absolute Gasteiger partial charge is 0.493 e. The molecule has 1 atom stereocenters. The van der Waals surface area contributed by atoms with E-state index in [2.05, 4.69) is 28.9 Å². The Balaban J connectivity index is 1.88. The molecule has 20 heavy (non-hydrogen) atoms. The van der Waals surface area contributed by atoms with E-state index < -0.39 is 0 Å². The van der Waals surface area contributed by atoms with Crippen LogP contribution in [0.2, 0.25) is 0 Å². The lowest BCUT2D eigenvalue weighted by Crippen LogP contribution is -2.31. The second kappa shape index (κ2) is 5.23. The summed E-state index contributed by atoms with van der Waals surface area (Å²) in [4.78, 5) is 0. The Labute approximate surface area is 129 Å². The van der Waals surface area contributed by atoms with Crippen LogP contribution < -0.4 is 15.2 Å². The molecule has 2 N–H and O–H groups in total. The highest BCUT2D eigenvalue weighted by molar-refractivity contribution is 9.10. The summed E-state index contributed by atoms with van der Waals surface area (Å²) in [6, 6.07) is 4.29. The summed E-state index contributed by atoms with van der Waals surface area (Å²) in [5.74, 6) is 2.38. The second-order valence-corrected chi connectivity index (χ2v) is 7.04. The van der Waals surface area contributed by atoms with Gasteiger partial charge >= 0.3 is 0 Å². The van der Waals surface area contributed by atoms with Crippen molar-refractivity contribution in [1.82, 2.24) is 0 Å². The highest BCUT2D eigenvalue weighted by atomic mass is 79.9. The van der Waals surface area contributed by atoms with Crippen molar-refractivity contribution in [2.75, 3.05) is 13.7 Å². The zero-order valence-corrected chi connectivity index (χ0v) is 13.7. The van der Waals surface area contributed by atoms with Gasteiger partial charge in [0, 0.05) is 15.9 Å². The number of benzene rings is 1. The number of ether oxygens (including phenoxy) is 2. The third-order valence-electron chi connectivity index (χ3n) is 4.62. The standard InChI is InChI=1S/C16H22BrNO2/c1-10(18)16(5-6-16)12-7-14(19-2)15(8-13(12)17)20-9-11-3-4-11/h7-8,10-11H,3-6,9,18H2,1-2H3. The molecule has 0 spiro atoms. The van der Waals surface area contributed by atoms with E-state index in [1.54, 1.807) is 7.11 Å². The molecule has 0 saturated heterocycles. The van der Waals surface area contributed by atoms with Gasteiger partial charge in [-0.15, -0.1) is 0 Å². The molecule has 1 unspecified atom stereocenters. The van der Waals surface area contributed by atoms with Gasteiger partial charge < -0.3 is 15.2 Å². The average Bonchev–Trinajstić information content (AvgIpc) is 3.29. The van der Waals surface area contributed by atoms with Crippen LogP contribution in [-0.4, -0.2) is 19.8 Å². The first kappa shape index (κ1) is 14.2. The summed E-state index contributed by atoms with van der Waals surface area (Å²) in [5, 5.41) is 0. The van der Waals surface area contributed by atoms with Gasteiger partial charge in [0.1, 0.15) is 0 Å². The van der Waals surface area contributed by atoms with Crippen LogP contribution in [0.3, 0.4) is 0 Å². The summed E-state index contributed by atoms with van der Waals surface area (Å²) < 4.78 is 12.5. The molecule has 1 aromatic rings. The smallest absolute Gasteiger partial charge is 0.162 e. The minimum absolute atomic E-state index is 0.112. The Morgan fingerprint density at radius 2 is 2.05 bits per heavy atom. The molecule has 0 bridgehead atoms. The van der Waals surface area contributed by atoms with Gasteiger partial charge in [-0.1, -0.05) is 15.9 Å². The van der Waals surface area contributed by atoms with E-state index in [0.717, 1.165) is 41.3 Å². The zero-order valence-electron chi connectivity index (χ0n) is 12.1. The van der Waals surface area contributed by atoms with E-state index in [4.69, 9.17) is 15.2 Å². The van der Waals surface area contributed by atoms with Gasteiger partial charge in [-0.2, -0.15) is 0 Å². The molecule has 0 amide bonds. The molecule has 0 heterocycles. The van der Waals surface area contributed by atoms with Crippen LogP contribution in [0.5, 0.6) is 11.5 Å². The van der Waals surface area contributed by atoms with E-state index in [9.17, 15) is 0 Å². The van der Waals surface area contributed by atoms with Crippen molar-refractivity contribution in [3.8, 4) is 11.5 Å². The maximum absolute atomic E-state index is 6.18. The van der Waals surface area contributed by atoms with Crippen molar-refractivity contribution in [3.05, 3.63) is 22.2 Å². The van der Waals surface area contributed by atoms with E-state index in [-0.39, 0.29) is 11.5 Å². The molecule has 110 valence electrons. The number of nitrogens with two attached hydrogens (primary N) is 1. The van der Waals surface area contributed by atoms with Gasteiger partial charge in [-0.05, 0) is 56.2 Å². The first-order chi connectivity index (χ1) is 9.56. The van der Waals surface area contributed by atoms with E-state index in [1.807, 2.05) is 6.07 Å². The Morgan fingerprint density at radius 3 is 2.55 bits per heavy atom. The normalized spacial score (nSPS) is 21.4. The SMILES string of the molecule is COc1cc(C2(C(C)N)CC2)c(Br)cc1OCC1CC1. The quantitative estimate of drug-likeness (QED) is 0.860. The van der Waals surface area contributed by atoms with Gasteiger partial charge in [0.15, 0.2) is 11.5 Å². The fourth-order valence-electron chi connectivity index (χ4n) is 2.79. The molecule has 0 aromatic heterocycles. The molecule has 3 nitrogen and oxygen atoms in total. The van der Waals surface area contributed by atoms with Gasteiger partial charge in [0.25, 0.3) is 0 Å². The molecular formula is C16H22BrNO2. The Kier molecular flexibility index (Phi) is 3.71. The number of methoxy groups -OCH3 is 1. The van der Waals surface area contributed by atoms with Gasteiger partial charge in [0.2, 0.25) is 0 Å². The molecular weight excluding hydrogens is 318 g/mol. The highest BCUT2D eigenvalue weighted by Gasteiger charge is 2.48. The van der Waals surface area contributed by atoms with Crippen LogP contribution in [0.4, 0.5) is 0 Å². The first-order valence-corrected chi connectivity index (χ1v) is 8.12. The third-order valence-corrected chi connectivity index (χ3v) is 5.28. The minimum atomic E-state index is 0.112. The van der Waals surface area contributed by atoms with Gasteiger partial charge in [-0.25, -0.2) is 0 Å². The average molecular weight is 340 g/mol. The summed E-state index contributed by atoms with van der Waals surface area (Å²) in [7, 11) is 1.70. The predicted octanol–water partition coefficient (Wildman–Crippen LogP) is 3.63. The molecule has 4 heteroatoms. The molecule has 2 aliphatic carbocycles. The van der Waals surface area contributed by atoms with Crippen LogP contribution in [0.1, 0.15) is 38.2 Å². The van der Waals surface area contributed by atoms with Crippen LogP contribution in [-0.2, 0) is 5.41 Å². The van der Waals surface area contributed by atoms with E-state index in [1.165, 1.54) is 18.4 Å². The first-order valence-electron chi connectivity index (χ1n) is 7.33. The highest BCUT2D eigenvalue weighted by Crippen LogP contribution is 2.54. The van der Waals surface area contributed by atoms with Crippen LogP contribution in [0.15, 0.2) is 16.6 Å². The Morgan fingerprint density at radius 1 is 1.35 bits per heavy atom. The van der Waals surface area contributed by atoms with E-state index in [0.29, 0.717) is 0 Å². The number of rotatable bonds is 6. The van der Waals surface area contributed by atoms with Crippen LogP contribution in [0.25, 0.3) is 0 Å². The van der Waals surface area contributed by atoms with Crippen molar-refractivity contribution < 1.29 is 9.47 Å².